The molecule has 0 spiro atoms. The van der Waals surface area contributed by atoms with Crippen molar-refractivity contribution < 1.29 is 31.1 Å². The van der Waals surface area contributed by atoms with Gasteiger partial charge in [0.25, 0.3) is 0 Å². The summed E-state index contributed by atoms with van der Waals surface area (Å²) in [4.78, 5) is 11.7. The van der Waals surface area contributed by atoms with E-state index in [1.54, 1.807) is 12.1 Å². The van der Waals surface area contributed by atoms with E-state index in [4.69, 9.17) is 13.0 Å². The number of hydrogen-bond acceptors (Lipinski definition) is 5. The van der Waals surface area contributed by atoms with E-state index in [0.29, 0.717) is 0 Å². The molecular weight excluding hydrogens is 514 g/mol. The van der Waals surface area contributed by atoms with E-state index in [-0.39, 0.29) is 10.6 Å². The number of para-hydroxylation sites is 1. The Morgan fingerprint density at radius 2 is 0.944 bits per heavy atom. The van der Waals surface area contributed by atoms with Crippen molar-refractivity contribution in [3.8, 4) is 0 Å². The Morgan fingerprint density at radius 1 is 0.639 bits per heavy atom. The first-order valence-corrected chi connectivity index (χ1v) is 13.5. The van der Waals surface area contributed by atoms with Crippen molar-refractivity contribution in [3.63, 3.8) is 0 Å². The fourth-order valence-electron chi connectivity index (χ4n) is 3.72. The fourth-order valence-corrected chi connectivity index (χ4v) is 8.12. The molecule has 0 heterocycles. The molecule has 4 rings (SSSR count). The second-order valence-corrected chi connectivity index (χ2v) is 12.1. The Kier molecular flexibility index (Phi) is 8.24. The molecule has 0 fully saturated rings. The molecule has 0 aliphatic rings. The van der Waals surface area contributed by atoms with Crippen LogP contribution in [0.25, 0.3) is 0 Å². The third-order valence-corrected chi connectivity index (χ3v) is 10.0. The summed E-state index contributed by atoms with van der Waals surface area (Å²) in [6, 6.07) is 37.6. The Labute approximate surface area is 206 Å². The molecule has 0 aromatic heterocycles. The minimum Gasteiger partial charge on any atom is -0.741 e. The molecule has 0 saturated carbocycles. The molecule has 0 bridgehead atoms. The van der Waals surface area contributed by atoms with Gasteiger partial charge in [0.1, 0.15) is 15.9 Å². The van der Waals surface area contributed by atoms with Crippen LogP contribution in [0.5, 0.6) is 0 Å². The molecule has 0 amide bonds. The summed E-state index contributed by atoms with van der Waals surface area (Å²) in [5, 5.41) is 16.0. The Balaban J connectivity index is 0.000000392. The molecular formula is C25H19F3NO5PS. The van der Waals surface area contributed by atoms with Crippen molar-refractivity contribution in [2.45, 2.75) is 5.51 Å². The number of nitro groups is 1. The highest BCUT2D eigenvalue weighted by atomic mass is 32.2. The lowest BCUT2D eigenvalue weighted by molar-refractivity contribution is -0.383. The summed E-state index contributed by atoms with van der Waals surface area (Å²) in [5.41, 5.74) is -5.49. The van der Waals surface area contributed by atoms with Gasteiger partial charge in [-0.15, -0.1) is 0 Å². The van der Waals surface area contributed by atoms with Gasteiger partial charge >= 0.3 is 11.2 Å². The number of hydrogen-bond donors (Lipinski definition) is 0. The zero-order valence-electron chi connectivity index (χ0n) is 18.4. The smallest absolute Gasteiger partial charge is 0.485 e. The largest absolute Gasteiger partial charge is 0.741 e. The molecule has 4 aromatic carbocycles. The topological polar surface area (TPSA) is 100 Å². The number of rotatable bonds is 5. The van der Waals surface area contributed by atoms with Gasteiger partial charge in [0.15, 0.2) is 22.7 Å². The van der Waals surface area contributed by atoms with E-state index < -0.39 is 22.9 Å². The van der Waals surface area contributed by atoms with E-state index in [1.807, 2.05) is 66.7 Å². The number of halogens is 3. The zero-order valence-corrected chi connectivity index (χ0v) is 20.2. The van der Waals surface area contributed by atoms with Gasteiger partial charge in [0, 0.05) is 6.07 Å². The summed E-state index contributed by atoms with van der Waals surface area (Å²) in [7, 11) is -8.53. The zero-order chi connectivity index (χ0) is 26.4. The predicted molar refractivity (Wildman–Crippen MR) is 134 cm³/mol. The first-order valence-electron chi connectivity index (χ1n) is 10.3. The summed E-state index contributed by atoms with van der Waals surface area (Å²) < 4.78 is 58.9. The van der Waals surface area contributed by atoms with Crippen LogP contribution >= 0.6 is 7.26 Å². The third kappa shape index (κ3) is 5.62. The lowest BCUT2D eigenvalue weighted by Crippen LogP contribution is -2.39. The van der Waals surface area contributed by atoms with Crippen molar-refractivity contribution in [1.82, 2.24) is 0 Å². The van der Waals surface area contributed by atoms with Crippen LogP contribution in [-0.4, -0.2) is 23.4 Å². The molecule has 0 aliphatic heterocycles. The monoisotopic (exact) mass is 533 g/mol. The number of nitro benzene ring substituents is 1. The van der Waals surface area contributed by atoms with Crippen molar-refractivity contribution in [1.29, 1.82) is 0 Å². The Morgan fingerprint density at radius 3 is 1.25 bits per heavy atom. The Hall–Kier alpha value is -3.59. The van der Waals surface area contributed by atoms with Crippen LogP contribution in [0, 0.1) is 10.1 Å². The number of benzene rings is 4. The predicted octanol–water partition coefficient (Wildman–Crippen LogP) is 4.27. The molecule has 4 aromatic rings. The molecule has 0 N–H and O–H groups in total. The van der Waals surface area contributed by atoms with Crippen molar-refractivity contribution in [2.24, 2.45) is 0 Å². The van der Waals surface area contributed by atoms with Crippen molar-refractivity contribution >= 4 is 44.3 Å². The van der Waals surface area contributed by atoms with Gasteiger partial charge < -0.3 is 4.55 Å². The summed E-state index contributed by atoms with van der Waals surface area (Å²) in [6.07, 6.45) is 0. The van der Waals surface area contributed by atoms with Crippen LogP contribution in [0.15, 0.2) is 115 Å². The summed E-state index contributed by atoms with van der Waals surface area (Å²) >= 11 is 0. The van der Waals surface area contributed by atoms with Crippen molar-refractivity contribution in [2.75, 3.05) is 0 Å². The molecule has 6 nitrogen and oxygen atoms in total. The molecule has 0 unspecified atom stereocenters. The SMILES string of the molecule is O=S(=O)([O-])C(F)(F)F.O=[N+]([O-])c1ccccc1[P+](c1ccccc1)(c1ccccc1)c1ccccc1. The third-order valence-electron chi connectivity index (χ3n) is 5.15. The molecule has 0 aliphatic carbocycles. The molecule has 186 valence electrons. The van der Waals surface area contributed by atoms with Crippen LogP contribution in [-0.2, 0) is 10.1 Å². The molecule has 0 radical (unpaired) electrons. The standard InChI is InChI=1S/C24H19NO2P.CHF3O3S/c26-25(27)23-18-10-11-19-24(23)28(20-12-4-1-5-13-20,21-14-6-2-7-15-21)22-16-8-3-9-17-22;2-1(3,4)8(5,6)7/h1-19H;(H,5,6,7)/q+1;/p-1. The maximum atomic E-state index is 12.0. The van der Waals surface area contributed by atoms with Crippen molar-refractivity contribution in [3.05, 3.63) is 125 Å². The lowest BCUT2D eigenvalue weighted by Gasteiger charge is -2.27. The van der Waals surface area contributed by atoms with Gasteiger partial charge in [-0.05, 0) is 42.5 Å². The highest BCUT2D eigenvalue weighted by Gasteiger charge is 2.51. The van der Waals surface area contributed by atoms with E-state index in [0.717, 1.165) is 21.2 Å². The van der Waals surface area contributed by atoms with E-state index in [9.17, 15) is 23.3 Å². The van der Waals surface area contributed by atoms with E-state index >= 15 is 0 Å². The maximum absolute atomic E-state index is 12.0. The van der Waals surface area contributed by atoms with Gasteiger partial charge in [0.05, 0.1) is 4.92 Å². The fraction of sp³-hybridized carbons (Fsp3) is 0.0400. The van der Waals surface area contributed by atoms with Crippen LogP contribution < -0.4 is 21.2 Å². The molecule has 11 heteroatoms. The second-order valence-electron chi connectivity index (χ2n) is 7.32. The lowest BCUT2D eigenvalue weighted by atomic mass is 10.3. The van der Waals surface area contributed by atoms with Crippen LogP contribution in [0.1, 0.15) is 0 Å². The van der Waals surface area contributed by atoms with E-state index in [1.165, 1.54) is 0 Å². The molecule has 0 atom stereocenters. The molecule has 36 heavy (non-hydrogen) atoms. The number of alkyl halides is 3. The van der Waals surface area contributed by atoms with Gasteiger partial charge in [-0.25, -0.2) is 8.42 Å². The highest BCUT2D eigenvalue weighted by Crippen LogP contribution is 2.55. The van der Waals surface area contributed by atoms with Crippen LogP contribution in [0.2, 0.25) is 0 Å². The van der Waals surface area contributed by atoms with E-state index in [2.05, 4.69) is 36.4 Å². The first-order chi connectivity index (χ1) is 17.0. The van der Waals surface area contributed by atoms with Gasteiger partial charge in [-0.3, -0.25) is 10.1 Å². The number of nitrogens with zero attached hydrogens (tertiary/aromatic N) is 1. The average molecular weight is 533 g/mol. The summed E-state index contributed by atoms with van der Waals surface area (Å²) in [6.45, 7) is 0. The van der Waals surface area contributed by atoms with Crippen LogP contribution in [0.4, 0.5) is 18.9 Å². The first kappa shape index (κ1) is 27.0. The minimum absolute atomic E-state index is 0.160. The highest BCUT2D eigenvalue weighted by molar-refractivity contribution is 8.01. The average Bonchev–Trinajstić information content (AvgIpc) is 2.86. The van der Waals surface area contributed by atoms with Gasteiger partial charge in [0.2, 0.25) is 0 Å². The summed E-state index contributed by atoms with van der Waals surface area (Å²) in [5.74, 6) is 0. The van der Waals surface area contributed by atoms with Crippen LogP contribution in [0.3, 0.4) is 0 Å². The second kappa shape index (κ2) is 11.0. The minimum atomic E-state index is -6.09. The van der Waals surface area contributed by atoms with Gasteiger partial charge in [-0.2, -0.15) is 13.2 Å². The molecule has 0 saturated heterocycles. The maximum Gasteiger partial charge on any atom is 0.485 e. The van der Waals surface area contributed by atoms with Gasteiger partial charge in [-0.1, -0.05) is 66.7 Å². The normalized spacial score (nSPS) is 11.8. The Bertz CT molecular complexity index is 1320. The quantitative estimate of drug-likeness (QED) is 0.125.